The fourth-order valence-corrected chi connectivity index (χ4v) is 0.704. The Morgan fingerprint density at radius 1 is 1.00 bits per heavy atom. The van der Waals surface area contributed by atoms with Crippen LogP contribution >= 0.6 is 0 Å². The molecule has 0 aromatic heterocycles. The highest BCUT2D eigenvalue weighted by atomic mass is 16.5. The molecule has 4 heteroatoms. The monoisotopic (exact) mass is 220 g/mol. The first-order valence-electron chi connectivity index (χ1n) is 5.08. The van der Waals surface area contributed by atoms with Gasteiger partial charge in [0.05, 0.1) is 38.1 Å². The van der Waals surface area contributed by atoms with E-state index < -0.39 is 6.10 Å². The lowest BCUT2D eigenvalue weighted by Gasteiger charge is -2.16. The van der Waals surface area contributed by atoms with Crippen molar-refractivity contribution in [1.82, 2.24) is 0 Å². The molecule has 0 aliphatic heterocycles. The minimum absolute atomic E-state index is 0.0170. The van der Waals surface area contributed by atoms with E-state index in [0.717, 1.165) is 0 Å². The second kappa shape index (κ2) is 11.7. The molecule has 0 bridgehead atoms. The Labute approximate surface area is 92.5 Å². The van der Waals surface area contributed by atoms with Crippen LogP contribution < -0.4 is 0 Å². The van der Waals surface area contributed by atoms with Crippen LogP contribution in [0.3, 0.4) is 0 Å². The molecular formula is C11H24O4. The summed E-state index contributed by atoms with van der Waals surface area (Å²) in [5, 5.41) is 17.6. The molecule has 4 nitrogen and oxygen atoms in total. The van der Waals surface area contributed by atoms with Crippen LogP contribution in [-0.4, -0.2) is 48.3 Å². The van der Waals surface area contributed by atoms with Gasteiger partial charge in [0, 0.05) is 0 Å². The lowest BCUT2D eigenvalue weighted by atomic mass is 10.4. The first kappa shape index (κ1) is 17.0. The van der Waals surface area contributed by atoms with Gasteiger partial charge in [0.1, 0.15) is 0 Å². The van der Waals surface area contributed by atoms with E-state index in [0.29, 0.717) is 13.2 Å². The third kappa shape index (κ3) is 13.6. The van der Waals surface area contributed by atoms with E-state index in [1.807, 2.05) is 6.92 Å². The van der Waals surface area contributed by atoms with Gasteiger partial charge in [-0.3, -0.25) is 0 Å². The average Bonchev–Trinajstić information content (AvgIpc) is 2.25. The highest BCUT2D eigenvalue weighted by Crippen LogP contribution is 1.97. The molecule has 0 aliphatic carbocycles. The largest absolute Gasteiger partial charge is 0.394 e. The van der Waals surface area contributed by atoms with Crippen molar-refractivity contribution in [2.75, 3.05) is 19.8 Å². The van der Waals surface area contributed by atoms with Gasteiger partial charge >= 0.3 is 0 Å². The summed E-state index contributed by atoms with van der Waals surface area (Å²) in [5.41, 5.74) is 0. The van der Waals surface area contributed by atoms with Crippen LogP contribution in [0.1, 0.15) is 20.8 Å². The summed E-state index contributed by atoms with van der Waals surface area (Å²) in [7, 11) is 0. The fourth-order valence-electron chi connectivity index (χ4n) is 0.704. The summed E-state index contributed by atoms with van der Waals surface area (Å²) >= 11 is 0. The summed E-state index contributed by atoms with van der Waals surface area (Å²) < 4.78 is 10.5. The number of aliphatic hydroxyl groups excluding tert-OH is 2. The lowest BCUT2D eigenvalue weighted by molar-refractivity contribution is -0.0620. The van der Waals surface area contributed by atoms with E-state index in [9.17, 15) is 0 Å². The third-order valence-corrected chi connectivity index (χ3v) is 1.49. The first-order chi connectivity index (χ1) is 7.06. The Morgan fingerprint density at radius 2 is 1.47 bits per heavy atom. The van der Waals surface area contributed by atoms with Crippen LogP contribution in [0.25, 0.3) is 0 Å². The zero-order chi connectivity index (χ0) is 12.3. The third-order valence-electron chi connectivity index (χ3n) is 1.49. The van der Waals surface area contributed by atoms with Crippen LogP contribution in [0.4, 0.5) is 0 Å². The predicted octanol–water partition coefficient (Wildman–Crippen LogP) is 0.972. The summed E-state index contributed by atoms with van der Waals surface area (Å²) in [4.78, 5) is 0. The quantitative estimate of drug-likeness (QED) is 0.628. The van der Waals surface area contributed by atoms with Crippen molar-refractivity contribution < 1.29 is 19.7 Å². The van der Waals surface area contributed by atoms with Gasteiger partial charge in [-0.05, 0) is 20.8 Å². The minimum Gasteiger partial charge on any atom is -0.394 e. The van der Waals surface area contributed by atoms with Crippen molar-refractivity contribution in [2.45, 2.75) is 39.1 Å². The SMILES string of the molecule is C=C.CC(O)COC(C)COC(C)CO. The van der Waals surface area contributed by atoms with Crippen LogP contribution in [0, 0.1) is 0 Å². The molecule has 0 aromatic rings. The molecule has 0 spiro atoms. The van der Waals surface area contributed by atoms with Crippen LogP contribution in [0.15, 0.2) is 13.2 Å². The first-order valence-corrected chi connectivity index (χ1v) is 5.08. The maximum atomic E-state index is 8.92. The van der Waals surface area contributed by atoms with Crippen molar-refractivity contribution in [3.8, 4) is 0 Å². The Kier molecular flexibility index (Phi) is 13.2. The molecule has 92 valence electrons. The Balaban J connectivity index is 0. The fraction of sp³-hybridized carbons (Fsp3) is 0.818. The molecule has 0 rings (SSSR count). The van der Waals surface area contributed by atoms with Crippen molar-refractivity contribution in [3.63, 3.8) is 0 Å². The van der Waals surface area contributed by atoms with Crippen molar-refractivity contribution >= 4 is 0 Å². The highest BCUT2D eigenvalue weighted by molar-refractivity contribution is 4.52. The summed E-state index contributed by atoms with van der Waals surface area (Å²) in [6.45, 7) is 12.1. The molecule has 0 fully saturated rings. The number of hydrogen-bond donors (Lipinski definition) is 2. The maximum absolute atomic E-state index is 8.92. The van der Waals surface area contributed by atoms with Gasteiger partial charge in [-0.2, -0.15) is 0 Å². The molecule has 0 amide bonds. The van der Waals surface area contributed by atoms with Gasteiger partial charge in [0.25, 0.3) is 0 Å². The second-order valence-electron chi connectivity index (χ2n) is 3.32. The van der Waals surface area contributed by atoms with Crippen LogP contribution in [0.2, 0.25) is 0 Å². The molecule has 0 saturated heterocycles. The number of aliphatic hydroxyl groups is 2. The Bertz CT molecular complexity index is 128. The number of hydrogen-bond acceptors (Lipinski definition) is 4. The summed E-state index contributed by atoms with van der Waals surface area (Å²) in [6, 6.07) is 0. The summed E-state index contributed by atoms with van der Waals surface area (Å²) in [6.07, 6.45) is -0.654. The van der Waals surface area contributed by atoms with Gasteiger partial charge in [-0.15, -0.1) is 13.2 Å². The molecule has 0 aromatic carbocycles. The van der Waals surface area contributed by atoms with Gasteiger partial charge in [-0.1, -0.05) is 0 Å². The Hall–Kier alpha value is -0.420. The summed E-state index contributed by atoms with van der Waals surface area (Å²) in [5.74, 6) is 0. The van der Waals surface area contributed by atoms with E-state index in [1.165, 1.54) is 0 Å². The minimum atomic E-state index is -0.447. The number of ether oxygens (including phenoxy) is 2. The molecular weight excluding hydrogens is 196 g/mol. The standard InChI is InChI=1S/C9H20O4.C2H4/c1-7(11)5-12-9(3)6-13-8(2)4-10;1-2/h7-11H,4-6H2,1-3H3;1-2H2. The molecule has 0 heterocycles. The molecule has 2 N–H and O–H groups in total. The average molecular weight is 220 g/mol. The van der Waals surface area contributed by atoms with Crippen LogP contribution in [0.5, 0.6) is 0 Å². The smallest absolute Gasteiger partial charge is 0.0781 e. The van der Waals surface area contributed by atoms with Crippen LogP contribution in [-0.2, 0) is 9.47 Å². The molecule has 0 aliphatic rings. The lowest BCUT2D eigenvalue weighted by Crippen LogP contribution is -2.24. The van der Waals surface area contributed by atoms with Crippen molar-refractivity contribution in [1.29, 1.82) is 0 Å². The number of rotatable bonds is 7. The van der Waals surface area contributed by atoms with E-state index in [-0.39, 0.29) is 18.8 Å². The van der Waals surface area contributed by atoms with Gasteiger partial charge < -0.3 is 19.7 Å². The Morgan fingerprint density at radius 3 is 1.87 bits per heavy atom. The molecule has 0 saturated carbocycles. The molecule has 3 unspecified atom stereocenters. The molecule has 0 radical (unpaired) electrons. The topological polar surface area (TPSA) is 58.9 Å². The van der Waals surface area contributed by atoms with E-state index in [4.69, 9.17) is 19.7 Å². The zero-order valence-electron chi connectivity index (χ0n) is 9.98. The maximum Gasteiger partial charge on any atom is 0.0781 e. The van der Waals surface area contributed by atoms with E-state index in [2.05, 4.69) is 13.2 Å². The second-order valence-corrected chi connectivity index (χ2v) is 3.32. The van der Waals surface area contributed by atoms with Gasteiger partial charge in [0.15, 0.2) is 0 Å². The normalized spacial score (nSPS) is 16.1. The zero-order valence-corrected chi connectivity index (χ0v) is 9.98. The van der Waals surface area contributed by atoms with Gasteiger partial charge in [0.2, 0.25) is 0 Å². The molecule has 15 heavy (non-hydrogen) atoms. The van der Waals surface area contributed by atoms with Crippen molar-refractivity contribution in [2.24, 2.45) is 0 Å². The van der Waals surface area contributed by atoms with E-state index in [1.54, 1.807) is 13.8 Å². The van der Waals surface area contributed by atoms with Crippen molar-refractivity contribution in [3.05, 3.63) is 13.2 Å². The van der Waals surface area contributed by atoms with Gasteiger partial charge in [-0.25, -0.2) is 0 Å². The molecule has 3 atom stereocenters. The highest BCUT2D eigenvalue weighted by Gasteiger charge is 2.06. The predicted molar refractivity (Wildman–Crippen MR) is 60.8 cm³/mol. The van der Waals surface area contributed by atoms with E-state index >= 15 is 0 Å².